The molecule has 6 aliphatic rings. The van der Waals surface area contributed by atoms with E-state index >= 15 is 0 Å². The molecule has 5 fully saturated rings. The number of likely N-dealkylation sites (tertiary alicyclic amines) is 1. The molecular formula is C40H60ClN7O2. The third-order valence-corrected chi connectivity index (χ3v) is 13.7. The van der Waals surface area contributed by atoms with Gasteiger partial charge in [-0.3, -0.25) is 15.0 Å². The van der Waals surface area contributed by atoms with E-state index in [0.717, 1.165) is 50.5 Å². The molecule has 2 aliphatic carbocycles. The lowest BCUT2D eigenvalue weighted by Gasteiger charge is -2.61. The van der Waals surface area contributed by atoms with Crippen molar-refractivity contribution in [3.8, 4) is 6.07 Å². The molecule has 1 aromatic carbocycles. The molecule has 274 valence electrons. The second-order valence-corrected chi connectivity index (χ2v) is 16.9. The third kappa shape index (κ3) is 7.36. The number of likely N-dealkylation sites (N-methyl/N-ethyl adjacent to an activating group) is 1. The molecule has 10 heteroatoms. The number of hydrogen-bond donors (Lipinski definition) is 1. The van der Waals surface area contributed by atoms with Gasteiger partial charge in [0.1, 0.15) is 0 Å². The van der Waals surface area contributed by atoms with Crippen molar-refractivity contribution in [3.63, 3.8) is 0 Å². The smallest absolute Gasteiger partial charge is 0.246 e. The van der Waals surface area contributed by atoms with Crippen LogP contribution in [-0.2, 0) is 16.0 Å². The fourth-order valence-electron chi connectivity index (χ4n) is 11.0. The molecule has 2 saturated carbocycles. The number of fused-ring (bicyclic) bond motifs is 2. The fraction of sp³-hybridized carbons (Fsp3) is 0.750. The predicted octanol–water partition coefficient (Wildman–Crippen LogP) is 5.84. The first-order valence-corrected chi connectivity index (χ1v) is 20.1. The van der Waals surface area contributed by atoms with E-state index < -0.39 is 0 Å². The van der Waals surface area contributed by atoms with Gasteiger partial charge >= 0.3 is 0 Å². The summed E-state index contributed by atoms with van der Waals surface area (Å²) in [5.41, 5.74) is 2.74. The minimum absolute atomic E-state index is 0.0618. The lowest BCUT2D eigenvalue weighted by Crippen LogP contribution is -2.75. The molecule has 6 unspecified atom stereocenters. The number of benzene rings is 1. The molecule has 7 atom stereocenters. The SMILES string of the molecule is C=CC(=O)N1CCN(C2C3CC[C@]4(Cc5cccc(Cl)c5N(C)C4)CC3NC(OCC3CCCN3C)N2C2CCCCCCC2)CC1CC#N. The lowest BCUT2D eigenvalue weighted by atomic mass is 9.62. The van der Waals surface area contributed by atoms with Crippen LogP contribution in [0.3, 0.4) is 0 Å². The number of amides is 1. The Morgan fingerprint density at radius 2 is 1.88 bits per heavy atom. The van der Waals surface area contributed by atoms with E-state index in [2.05, 4.69) is 63.8 Å². The summed E-state index contributed by atoms with van der Waals surface area (Å²) >= 11 is 6.75. The topological polar surface area (TPSA) is 78.3 Å². The molecule has 9 nitrogen and oxygen atoms in total. The molecule has 1 N–H and O–H groups in total. The molecule has 0 aromatic heterocycles. The van der Waals surface area contributed by atoms with Crippen LogP contribution in [-0.4, -0.2) is 116 Å². The second-order valence-electron chi connectivity index (χ2n) is 16.5. The van der Waals surface area contributed by atoms with Gasteiger partial charge in [0, 0.05) is 57.3 Å². The highest BCUT2D eigenvalue weighted by Crippen LogP contribution is 2.51. The Balaban J connectivity index is 1.23. The average Bonchev–Trinajstić information content (AvgIpc) is 3.50. The van der Waals surface area contributed by atoms with Crippen molar-refractivity contribution in [2.45, 2.75) is 127 Å². The normalized spacial score (nSPS) is 34.8. The number of nitriles is 1. The summed E-state index contributed by atoms with van der Waals surface area (Å²) in [6.45, 7) is 8.81. The van der Waals surface area contributed by atoms with Gasteiger partial charge in [0.15, 0.2) is 6.35 Å². The molecule has 0 radical (unpaired) electrons. The molecule has 1 amide bonds. The van der Waals surface area contributed by atoms with Crippen molar-refractivity contribution >= 4 is 23.2 Å². The standard InChI is InChI=1S/C40H60ClN7O2/c1-4-36(49)47-23-22-46(26-31(47)18-20-42)38-33-17-19-40(24-29-12-10-16-34(41)37(29)45(3)28-40)25-35(33)43-39(50-27-32-15-11-21-44(32)2)48(38)30-13-8-6-5-7-9-14-30/h4,10,12,16,30-33,35,38-39,43H,1,5-9,11,13-15,17-19,21-28H2,2-3H3/t31?,32?,33?,35?,38?,39?,40-/m0/s1. The van der Waals surface area contributed by atoms with E-state index in [4.69, 9.17) is 16.3 Å². The summed E-state index contributed by atoms with van der Waals surface area (Å²) in [5, 5.41) is 15.0. The average molecular weight is 706 g/mol. The van der Waals surface area contributed by atoms with Gasteiger partial charge < -0.3 is 19.4 Å². The number of carbonyl (C=O) groups excluding carboxylic acids is 1. The number of piperazine rings is 1. The van der Waals surface area contributed by atoms with E-state index in [0.29, 0.717) is 43.6 Å². The highest BCUT2D eigenvalue weighted by atomic mass is 35.5. The zero-order valence-corrected chi connectivity index (χ0v) is 31.3. The quantitative estimate of drug-likeness (QED) is 0.355. The first-order valence-electron chi connectivity index (χ1n) is 19.7. The van der Waals surface area contributed by atoms with E-state index in [1.54, 1.807) is 0 Å². The highest BCUT2D eigenvalue weighted by Gasteiger charge is 2.54. The first-order chi connectivity index (χ1) is 24.3. The van der Waals surface area contributed by atoms with Gasteiger partial charge in [-0.1, -0.05) is 62.4 Å². The number of anilines is 1. The maximum Gasteiger partial charge on any atom is 0.246 e. The maximum atomic E-state index is 13.0. The number of nitrogens with zero attached hydrogens (tertiary/aromatic N) is 6. The summed E-state index contributed by atoms with van der Waals surface area (Å²) in [5.74, 6) is 0.365. The van der Waals surface area contributed by atoms with Gasteiger partial charge in [-0.2, -0.15) is 5.26 Å². The second kappa shape index (κ2) is 15.8. The van der Waals surface area contributed by atoms with Crippen LogP contribution in [0.25, 0.3) is 0 Å². The number of para-hydroxylation sites is 1. The Kier molecular flexibility index (Phi) is 11.4. The predicted molar refractivity (Wildman–Crippen MR) is 200 cm³/mol. The molecule has 7 rings (SSSR count). The van der Waals surface area contributed by atoms with Gasteiger partial charge in [0.2, 0.25) is 5.91 Å². The molecule has 1 aromatic rings. The summed E-state index contributed by atoms with van der Waals surface area (Å²) < 4.78 is 7.15. The van der Waals surface area contributed by atoms with Crippen LogP contribution in [0, 0.1) is 22.7 Å². The third-order valence-electron chi connectivity index (χ3n) is 13.4. The molecule has 1 spiro atoms. The Morgan fingerprint density at radius 3 is 2.62 bits per heavy atom. The Labute approximate surface area is 305 Å². The Bertz CT molecular complexity index is 1400. The minimum atomic E-state index is -0.167. The van der Waals surface area contributed by atoms with Crippen LogP contribution >= 0.6 is 11.6 Å². The van der Waals surface area contributed by atoms with Gasteiger partial charge in [-0.15, -0.1) is 0 Å². The van der Waals surface area contributed by atoms with E-state index in [-0.39, 0.29) is 29.9 Å². The van der Waals surface area contributed by atoms with Crippen LogP contribution in [0.15, 0.2) is 30.9 Å². The number of carbonyl (C=O) groups is 1. The van der Waals surface area contributed by atoms with Crippen molar-refractivity contribution in [2.75, 3.05) is 58.3 Å². The molecule has 50 heavy (non-hydrogen) atoms. The molecule has 4 aliphatic heterocycles. The fourth-order valence-corrected chi connectivity index (χ4v) is 11.3. The maximum absolute atomic E-state index is 13.0. The van der Waals surface area contributed by atoms with E-state index in [1.165, 1.54) is 81.5 Å². The Morgan fingerprint density at radius 1 is 1.08 bits per heavy atom. The van der Waals surface area contributed by atoms with Crippen LogP contribution in [0.4, 0.5) is 5.69 Å². The first kappa shape index (κ1) is 36.2. The van der Waals surface area contributed by atoms with Gasteiger partial charge in [0.05, 0.1) is 42.0 Å². The van der Waals surface area contributed by atoms with Gasteiger partial charge in [0.25, 0.3) is 0 Å². The zero-order valence-electron chi connectivity index (χ0n) is 30.6. The monoisotopic (exact) mass is 705 g/mol. The van der Waals surface area contributed by atoms with Crippen molar-refractivity contribution in [1.82, 2.24) is 24.9 Å². The highest BCUT2D eigenvalue weighted by molar-refractivity contribution is 6.33. The summed E-state index contributed by atoms with van der Waals surface area (Å²) in [7, 11) is 4.46. The summed E-state index contributed by atoms with van der Waals surface area (Å²) in [6.07, 6.45) is 17.5. The summed E-state index contributed by atoms with van der Waals surface area (Å²) in [6, 6.07) is 9.88. The van der Waals surface area contributed by atoms with Crippen LogP contribution < -0.4 is 10.2 Å². The molecular weight excluding hydrogens is 646 g/mol. The van der Waals surface area contributed by atoms with Crippen LogP contribution in [0.2, 0.25) is 5.02 Å². The molecule has 3 saturated heterocycles. The largest absolute Gasteiger partial charge is 0.373 e. The van der Waals surface area contributed by atoms with Crippen molar-refractivity contribution in [1.29, 1.82) is 5.26 Å². The molecule has 4 heterocycles. The minimum Gasteiger partial charge on any atom is -0.373 e. The van der Waals surface area contributed by atoms with E-state index in [1.807, 2.05) is 11.0 Å². The Hall–Kier alpha value is -2.19. The number of halogens is 1. The molecule has 0 bridgehead atoms. The van der Waals surface area contributed by atoms with Crippen molar-refractivity contribution in [2.24, 2.45) is 11.3 Å². The van der Waals surface area contributed by atoms with Crippen LogP contribution in [0.5, 0.6) is 0 Å². The van der Waals surface area contributed by atoms with Crippen molar-refractivity contribution < 1.29 is 9.53 Å². The number of nitrogens with one attached hydrogen (secondary N) is 1. The number of hydrogen-bond acceptors (Lipinski definition) is 8. The van der Waals surface area contributed by atoms with E-state index in [9.17, 15) is 10.1 Å². The lowest BCUT2D eigenvalue weighted by molar-refractivity contribution is -0.218. The van der Waals surface area contributed by atoms with Gasteiger partial charge in [-0.25, -0.2) is 4.90 Å². The van der Waals surface area contributed by atoms with Crippen molar-refractivity contribution in [3.05, 3.63) is 41.4 Å². The zero-order chi connectivity index (χ0) is 34.8. The summed E-state index contributed by atoms with van der Waals surface area (Å²) in [4.78, 5) is 25.2. The number of rotatable bonds is 7. The van der Waals surface area contributed by atoms with Crippen LogP contribution in [0.1, 0.15) is 89.0 Å². The number of ether oxygens (including phenoxy) is 1. The van der Waals surface area contributed by atoms with Gasteiger partial charge in [-0.05, 0) is 88.1 Å².